The van der Waals surface area contributed by atoms with Crippen molar-refractivity contribution in [3.05, 3.63) is 40.4 Å². The normalized spacial score (nSPS) is 12.4. The van der Waals surface area contributed by atoms with E-state index in [4.69, 9.17) is 4.74 Å². The molecule has 1 unspecified atom stereocenters. The summed E-state index contributed by atoms with van der Waals surface area (Å²) in [6.45, 7) is 4.49. The number of imidazole rings is 1. The molecule has 0 bridgehead atoms. The summed E-state index contributed by atoms with van der Waals surface area (Å²) in [5.41, 5.74) is 1.63. The van der Waals surface area contributed by atoms with Crippen molar-refractivity contribution in [3.8, 4) is 0 Å². The molecule has 1 aromatic carbocycles. The van der Waals surface area contributed by atoms with Gasteiger partial charge in [0.1, 0.15) is 5.82 Å². The van der Waals surface area contributed by atoms with Crippen molar-refractivity contribution in [2.45, 2.75) is 19.9 Å². The number of hydrogen-bond acceptors (Lipinski definition) is 3. The topological polar surface area (TPSA) is 39.1 Å². The maximum atomic E-state index is 13.4. The molecule has 0 aliphatic heterocycles. The Balaban J connectivity index is 2.27. The summed E-state index contributed by atoms with van der Waals surface area (Å²) in [4.78, 5) is 4.30. The Hall–Kier alpha value is -1.40. The third-order valence-corrected chi connectivity index (χ3v) is 3.67. The van der Waals surface area contributed by atoms with Crippen LogP contribution in [0.4, 0.5) is 16.0 Å². The van der Waals surface area contributed by atoms with E-state index in [2.05, 4.69) is 26.2 Å². The third kappa shape index (κ3) is 3.19. The van der Waals surface area contributed by atoms with Crippen molar-refractivity contribution in [2.75, 3.05) is 19.0 Å². The van der Waals surface area contributed by atoms with Gasteiger partial charge in [0, 0.05) is 25.2 Å². The molecule has 1 N–H and O–H groups in total. The van der Waals surface area contributed by atoms with E-state index in [-0.39, 0.29) is 11.9 Å². The number of aryl methyl sites for hydroxylation is 1. The molecule has 108 valence electrons. The van der Waals surface area contributed by atoms with Crippen molar-refractivity contribution < 1.29 is 9.13 Å². The van der Waals surface area contributed by atoms with Crippen molar-refractivity contribution in [1.82, 2.24) is 9.55 Å². The van der Waals surface area contributed by atoms with Crippen LogP contribution in [-0.4, -0.2) is 23.3 Å². The molecule has 0 saturated carbocycles. The molecule has 0 radical (unpaired) electrons. The summed E-state index contributed by atoms with van der Waals surface area (Å²) in [5.74, 6) is 0.431. The predicted octanol–water partition coefficient (Wildman–Crippen LogP) is 4.04. The van der Waals surface area contributed by atoms with E-state index in [1.807, 2.05) is 24.6 Å². The van der Waals surface area contributed by atoms with Gasteiger partial charge in [-0.15, -0.1) is 0 Å². The number of nitrogens with zero attached hydrogens (tertiary/aromatic N) is 2. The Labute approximate surface area is 126 Å². The zero-order chi connectivity index (χ0) is 14.7. The van der Waals surface area contributed by atoms with Gasteiger partial charge in [-0.05, 0) is 47.5 Å². The lowest BCUT2D eigenvalue weighted by molar-refractivity contribution is 0.163. The average Bonchev–Trinajstić information content (AvgIpc) is 2.84. The minimum Gasteiger partial charge on any atom is -0.383 e. The Bertz CT molecular complexity index is 600. The monoisotopic (exact) mass is 341 g/mol. The molecule has 2 aromatic rings. The van der Waals surface area contributed by atoms with E-state index < -0.39 is 0 Å². The van der Waals surface area contributed by atoms with E-state index >= 15 is 0 Å². The van der Waals surface area contributed by atoms with Crippen LogP contribution in [0.5, 0.6) is 0 Å². The number of nitrogens with one attached hydrogen (secondary N) is 1. The van der Waals surface area contributed by atoms with Crippen LogP contribution in [0, 0.1) is 12.7 Å². The second-order valence-corrected chi connectivity index (χ2v) is 5.52. The van der Waals surface area contributed by atoms with Crippen LogP contribution in [0.2, 0.25) is 0 Å². The van der Waals surface area contributed by atoms with Gasteiger partial charge in [-0.2, -0.15) is 0 Å². The Kier molecular flexibility index (Phi) is 4.77. The fourth-order valence-corrected chi connectivity index (χ4v) is 2.33. The molecule has 0 aliphatic rings. The molecule has 1 atom stereocenters. The average molecular weight is 342 g/mol. The van der Waals surface area contributed by atoms with E-state index in [0.29, 0.717) is 17.0 Å². The van der Waals surface area contributed by atoms with Crippen LogP contribution in [0.1, 0.15) is 18.5 Å². The Morgan fingerprint density at radius 1 is 1.50 bits per heavy atom. The van der Waals surface area contributed by atoms with Gasteiger partial charge in [0.15, 0.2) is 0 Å². The van der Waals surface area contributed by atoms with E-state index in [9.17, 15) is 4.39 Å². The lowest BCUT2D eigenvalue weighted by Crippen LogP contribution is -2.13. The number of aromatic nitrogens is 2. The highest BCUT2D eigenvalue weighted by Gasteiger charge is 2.12. The number of benzene rings is 1. The van der Waals surface area contributed by atoms with Crippen molar-refractivity contribution in [3.63, 3.8) is 0 Å². The summed E-state index contributed by atoms with van der Waals surface area (Å²) in [6, 6.07) is 3.36. The maximum absolute atomic E-state index is 13.4. The van der Waals surface area contributed by atoms with Gasteiger partial charge in [-0.3, -0.25) is 0 Å². The predicted molar refractivity (Wildman–Crippen MR) is 80.9 cm³/mol. The maximum Gasteiger partial charge on any atom is 0.207 e. The minimum absolute atomic E-state index is 0.161. The van der Waals surface area contributed by atoms with Crippen LogP contribution < -0.4 is 5.32 Å². The first-order valence-corrected chi connectivity index (χ1v) is 7.06. The molecule has 6 heteroatoms. The highest BCUT2D eigenvalue weighted by molar-refractivity contribution is 9.10. The molecule has 0 spiro atoms. The lowest BCUT2D eigenvalue weighted by atomic mass is 10.2. The van der Waals surface area contributed by atoms with Gasteiger partial charge < -0.3 is 14.6 Å². The summed E-state index contributed by atoms with van der Waals surface area (Å²) in [6.07, 6.45) is 3.61. The standard InChI is InChI=1S/C14H17BrFN3O/c1-9-6-12(16)11(15)7-13(9)18-14-17-4-5-19(14)10(2)8-20-3/h4-7,10H,8H2,1-3H3,(H,17,18). The molecule has 4 nitrogen and oxygen atoms in total. The number of rotatable bonds is 5. The van der Waals surface area contributed by atoms with E-state index in [0.717, 1.165) is 11.3 Å². The molecule has 0 amide bonds. The van der Waals surface area contributed by atoms with Crippen LogP contribution >= 0.6 is 15.9 Å². The molecule has 20 heavy (non-hydrogen) atoms. The molecular weight excluding hydrogens is 325 g/mol. The lowest BCUT2D eigenvalue weighted by Gasteiger charge is -2.17. The molecule has 0 saturated heterocycles. The minimum atomic E-state index is -0.274. The summed E-state index contributed by atoms with van der Waals surface area (Å²) >= 11 is 3.19. The van der Waals surface area contributed by atoms with Crippen molar-refractivity contribution in [2.24, 2.45) is 0 Å². The highest BCUT2D eigenvalue weighted by Crippen LogP contribution is 2.27. The SMILES string of the molecule is COCC(C)n1ccnc1Nc1cc(Br)c(F)cc1C. The zero-order valence-electron chi connectivity index (χ0n) is 11.7. The molecule has 0 fully saturated rings. The molecule has 0 aliphatic carbocycles. The first-order chi connectivity index (χ1) is 9.52. The molecule has 1 aromatic heterocycles. The van der Waals surface area contributed by atoms with Gasteiger partial charge in [-0.25, -0.2) is 9.37 Å². The van der Waals surface area contributed by atoms with Gasteiger partial charge in [0.05, 0.1) is 17.1 Å². The quantitative estimate of drug-likeness (QED) is 0.891. The third-order valence-electron chi connectivity index (χ3n) is 3.07. The van der Waals surface area contributed by atoms with Crippen molar-refractivity contribution in [1.29, 1.82) is 0 Å². The zero-order valence-corrected chi connectivity index (χ0v) is 13.2. The summed E-state index contributed by atoms with van der Waals surface area (Å²) < 4.78 is 21.0. The molecule has 2 rings (SSSR count). The molecule has 1 heterocycles. The summed E-state index contributed by atoms with van der Waals surface area (Å²) in [5, 5.41) is 3.23. The second kappa shape index (κ2) is 6.37. The van der Waals surface area contributed by atoms with Crippen molar-refractivity contribution >= 4 is 27.6 Å². The summed E-state index contributed by atoms with van der Waals surface area (Å²) in [7, 11) is 1.67. The van der Waals surface area contributed by atoms with Crippen LogP contribution in [0.25, 0.3) is 0 Å². The fourth-order valence-electron chi connectivity index (χ4n) is 1.99. The Morgan fingerprint density at radius 2 is 2.25 bits per heavy atom. The second-order valence-electron chi connectivity index (χ2n) is 4.67. The van der Waals surface area contributed by atoms with Gasteiger partial charge in [-0.1, -0.05) is 0 Å². The van der Waals surface area contributed by atoms with E-state index in [1.54, 1.807) is 19.4 Å². The van der Waals surface area contributed by atoms with Gasteiger partial charge >= 0.3 is 0 Å². The number of methoxy groups -OCH3 is 1. The van der Waals surface area contributed by atoms with Gasteiger partial charge in [0.2, 0.25) is 5.95 Å². The Morgan fingerprint density at radius 3 is 2.95 bits per heavy atom. The fraction of sp³-hybridized carbons (Fsp3) is 0.357. The first-order valence-electron chi connectivity index (χ1n) is 6.27. The number of halogens is 2. The van der Waals surface area contributed by atoms with Crippen LogP contribution in [0.15, 0.2) is 29.0 Å². The van der Waals surface area contributed by atoms with Crippen LogP contribution in [-0.2, 0) is 4.74 Å². The largest absolute Gasteiger partial charge is 0.383 e. The molecular formula is C14H17BrFN3O. The van der Waals surface area contributed by atoms with Crippen LogP contribution in [0.3, 0.4) is 0 Å². The highest BCUT2D eigenvalue weighted by atomic mass is 79.9. The smallest absolute Gasteiger partial charge is 0.207 e. The number of anilines is 2. The van der Waals surface area contributed by atoms with E-state index in [1.165, 1.54) is 6.07 Å². The number of ether oxygens (including phenoxy) is 1. The number of hydrogen-bond donors (Lipinski definition) is 1. The van der Waals surface area contributed by atoms with Gasteiger partial charge in [0.25, 0.3) is 0 Å². The first kappa shape index (κ1) is 15.0.